The molecule has 2 amide bonds. The van der Waals surface area contributed by atoms with E-state index in [0.717, 1.165) is 11.3 Å². The predicted octanol–water partition coefficient (Wildman–Crippen LogP) is 1.06. The molecule has 1 aliphatic heterocycles. The van der Waals surface area contributed by atoms with Crippen LogP contribution in [0.15, 0.2) is 18.2 Å². The Hall–Kier alpha value is -1.88. The fourth-order valence-electron chi connectivity index (χ4n) is 2.53. The molecule has 5 heteroatoms. The second-order valence-electron chi connectivity index (χ2n) is 5.17. The van der Waals surface area contributed by atoms with E-state index < -0.39 is 0 Å². The fraction of sp³-hybridized carbons (Fsp3) is 0.467. The lowest BCUT2D eigenvalue weighted by molar-refractivity contribution is -0.117. The first-order chi connectivity index (χ1) is 9.56. The van der Waals surface area contributed by atoms with Crippen LogP contribution in [0.2, 0.25) is 0 Å². The molecule has 1 unspecified atom stereocenters. The Balaban J connectivity index is 2.22. The highest BCUT2D eigenvalue weighted by molar-refractivity contribution is 5.98. The Bertz CT molecular complexity index is 528. The molecule has 108 valence electrons. The number of rotatable bonds is 4. The van der Waals surface area contributed by atoms with Crippen LogP contribution >= 0.6 is 0 Å². The quantitative estimate of drug-likeness (QED) is 0.862. The second kappa shape index (κ2) is 6.05. The summed E-state index contributed by atoms with van der Waals surface area (Å²) >= 11 is 0. The van der Waals surface area contributed by atoms with Gasteiger partial charge in [-0.2, -0.15) is 0 Å². The molecule has 0 aromatic heterocycles. The summed E-state index contributed by atoms with van der Waals surface area (Å²) < 4.78 is 0. The van der Waals surface area contributed by atoms with Crippen molar-refractivity contribution in [2.45, 2.75) is 20.3 Å². The predicted molar refractivity (Wildman–Crippen MR) is 78.7 cm³/mol. The lowest BCUT2D eigenvalue weighted by atomic mass is 10.1. The first-order valence-corrected chi connectivity index (χ1v) is 6.96. The van der Waals surface area contributed by atoms with Gasteiger partial charge < -0.3 is 16.0 Å². The van der Waals surface area contributed by atoms with E-state index in [4.69, 9.17) is 5.73 Å². The van der Waals surface area contributed by atoms with Gasteiger partial charge in [-0.25, -0.2) is 0 Å². The third kappa shape index (κ3) is 2.82. The van der Waals surface area contributed by atoms with Crippen molar-refractivity contribution in [1.82, 2.24) is 5.32 Å². The first kappa shape index (κ1) is 14.5. The van der Waals surface area contributed by atoms with E-state index >= 15 is 0 Å². The molecule has 0 radical (unpaired) electrons. The van der Waals surface area contributed by atoms with Crippen LogP contribution in [0.3, 0.4) is 0 Å². The van der Waals surface area contributed by atoms with Gasteiger partial charge in [0.05, 0.1) is 0 Å². The maximum atomic E-state index is 12.0. The van der Waals surface area contributed by atoms with Crippen LogP contribution in [0.4, 0.5) is 5.69 Å². The highest BCUT2D eigenvalue weighted by atomic mass is 16.2. The van der Waals surface area contributed by atoms with E-state index in [9.17, 15) is 9.59 Å². The van der Waals surface area contributed by atoms with Crippen LogP contribution < -0.4 is 16.0 Å². The molecule has 1 heterocycles. The van der Waals surface area contributed by atoms with Crippen molar-refractivity contribution in [2.24, 2.45) is 11.7 Å². The topological polar surface area (TPSA) is 75.4 Å². The molecule has 1 aliphatic rings. The number of nitrogens with two attached hydrogens (primary N) is 1. The monoisotopic (exact) mass is 275 g/mol. The molecule has 0 spiro atoms. The van der Waals surface area contributed by atoms with Crippen LogP contribution in [0.5, 0.6) is 0 Å². The van der Waals surface area contributed by atoms with Crippen molar-refractivity contribution < 1.29 is 9.59 Å². The summed E-state index contributed by atoms with van der Waals surface area (Å²) in [6.07, 6.45) is 0.508. The Morgan fingerprint density at radius 2 is 2.25 bits per heavy atom. The molecular formula is C15H21N3O2. The summed E-state index contributed by atoms with van der Waals surface area (Å²) in [6, 6.07) is 5.43. The van der Waals surface area contributed by atoms with E-state index in [-0.39, 0.29) is 17.7 Å². The van der Waals surface area contributed by atoms with Gasteiger partial charge in [0.2, 0.25) is 5.91 Å². The molecule has 0 aliphatic carbocycles. The molecule has 20 heavy (non-hydrogen) atoms. The maximum Gasteiger partial charge on any atom is 0.251 e. The summed E-state index contributed by atoms with van der Waals surface area (Å²) in [5, 5.41) is 2.77. The highest BCUT2D eigenvalue weighted by Gasteiger charge is 2.30. The number of carbonyl (C=O) groups is 2. The molecule has 1 aromatic carbocycles. The van der Waals surface area contributed by atoms with Gasteiger partial charge in [0.1, 0.15) is 0 Å². The number of anilines is 1. The number of nitrogens with one attached hydrogen (secondary N) is 1. The van der Waals surface area contributed by atoms with Gasteiger partial charge in [-0.15, -0.1) is 0 Å². The Labute approximate surface area is 119 Å². The summed E-state index contributed by atoms with van der Waals surface area (Å²) in [4.78, 5) is 25.6. The molecule has 3 N–H and O–H groups in total. The maximum absolute atomic E-state index is 12.0. The minimum absolute atomic E-state index is 0.0882. The molecule has 1 saturated heterocycles. The van der Waals surface area contributed by atoms with E-state index in [1.54, 1.807) is 11.0 Å². The number of benzene rings is 1. The van der Waals surface area contributed by atoms with Crippen LogP contribution in [0.1, 0.15) is 29.3 Å². The number of carbonyl (C=O) groups excluding carboxylic acids is 2. The summed E-state index contributed by atoms with van der Waals surface area (Å²) in [5.41, 5.74) is 8.06. The number of hydrogen-bond acceptors (Lipinski definition) is 3. The Morgan fingerprint density at radius 1 is 1.50 bits per heavy atom. The number of amides is 2. The van der Waals surface area contributed by atoms with Crippen LogP contribution in [-0.2, 0) is 4.79 Å². The molecule has 0 bridgehead atoms. The molecule has 1 fully saturated rings. The van der Waals surface area contributed by atoms with Crippen molar-refractivity contribution >= 4 is 17.5 Å². The van der Waals surface area contributed by atoms with Crippen LogP contribution in [0, 0.1) is 12.8 Å². The lowest BCUT2D eigenvalue weighted by Crippen LogP contribution is -2.27. The normalized spacial score (nSPS) is 18.4. The van der Waals surface area contributed by atoms with Gasteiger partial charge in [0.25, 0.3) is 5.91 Å². The number of aryl methyl sites for hydroxylation is 1. The molecule has 5 nitrogen and oxygen atoms in total. The van der Waals surface area contributed by atoms with Gasteiger partial charge in [0.15, 0.2) is 0 Å². The zero-order chi connectivity index (χ0) is 14.7. The Morgan fingerprint density at radius 3 is 2.80 bits per heavy atom. The summed E-state index contributed by atoms with van der Waals surface area (Å²) in [6.45, 7) is 5.59. The minimum Gasteiger partial charge on any atom is -0.352 e. The van der Waals surface area contributed by atoms with E-state index in [2.05, 4.69) is 5.32 Å². The van der Waals surface area contributed by atoms with Crippen LogP contribution in [0.25, 0.3) is 0 Å². The van der Waals surface area contributed by atoms with E-state index in [1.165, 1.54) is 0 Å². The first-order valence-electron chi connectivity index (χ1n) is 6.96. The number of hydrogen-bond donors (Lipinski definition) is 2. The average Bonchev–Trinajstić information content (AvgIpc) is 2.80. The summed E-state index contributed by atoms with van der Waals surface area (Å²) in [5.74, 6) is 0.244. The standard InChI is InChI=1S/C15H21N3O2/c1-3-17-15(20)12-4-5-13(10(2)6-12)18-9-11(8-16)7-14(18)19/h4-6,11H,3,7-9,16H2,1-2H3,(H,17,20). The zero-order valence-electron chi connectivity index (χ0n) is 12.0. The number of nitrogens with zero attached hydrogens (tertiary/aromatic N) is 1. The third-order valence-corrected chi connectivity index (χ3v) is 3.63. The van der Waals surface area contributed by atoms with Crippen molar-refractivity contribution in [3.8, 4) is 0 Å². The fourth-order valence-corrected chi connectivity index (χ4v) is 2.53. The van der Waals surface area contributed by atoms with Gasteiger partial charge in [0, 0.05) is 30.8 Å². The van der Waals surface area contributed by atoms with Gasteiger partial charge >= 0.3 is 0 Å². The smallest absolute Gasteiger partial charge is 0.251 e. The second-order valence-corrected chi connectivity index (χ2v) is 5.17. The van der Waals surface area contributed by atoms with Crippen molar-refractivity contribution in [1.29, 1.82) is 0 Å². The molecular weight excluding hydrogens is 254 g/mol. The molecule has 0 saturated carbocycles. The van der Waals surface area contributed by atoms with Crippen molar-refractivity contribution in [3.63, 3.8) is 0 Å². The van der Waals surface area contributed by atoms with Crippen LogP contribution in [-0.4, -0.2) is 31.4 Å². The molecule has 1 aromatic rings. The SMILES string of the molecule is CCNC(=O)c1ccc(N2CC(CN)CC2=O)c(C)c1. The lowest BCUT2D eigenvalue weighted by Gasteiger charge is -2.19. The zero-order valence-corrected chi connectivity index (χ0v) is 12.0. The Kier molecular flexibility index (Phi) is 4.39. The van der Waals surface area contributed by atoms with Crippen molar-refractivity contribution in [3.05, 3.63) is 29.3 Å². The van der Waals surface area contributed by atoms with Gasteiger partial charge in [-0.1, -0.05) is 0 Å². The third-order valence-electron chi connectivity index (χ3n) is 3.63. The highest BCUT2D eigenvalue weighted by Crippen LogP contribution is 2.28. The summed E-state index contributed by atoms with van der Waals surface area (Å²) in [7, 11) is 0. The van der Waals surface area contributed by atoms with Gasteiger partial charge in [-0.3, -0.25) is 9.59 Å². The average molecular weight is 275 g/mol. The van der Waals surface area contributed by atoms with E-state index in [0.29, 0.717) is 31.6 Å². The largest absolute Gasteiger partial charge is 0.352 e. The van der Waals surface area contributed by atoms with Crippen molar-refractivity contribution in [2.75, 3.05) is 24.5 Å². The minimum atomic E-state index is -0.0882. The molecule has 2 rings (SSSR count). The van der Waals surface area contributed by atoms with E-state index in [1.807, 2.05) is 26.0 Å². The molecule has 1 atom stereocenters. The van der Waals surface area contributed by atoms with Gasteiger partial charge in [-0.05, 0) is 50.1 Å².